The van der Waals surface area contributed by atoms with Gasteiger partial charge in [0, 0.05) is 6.42 Å². The zero-order valence-electron chi connectivity index (χ0n) is 10.9. The largest absolute Gasteiger partial charge is 0.459 e. The van der Waals surface area contributed by atoms with Crippen molar-refractivity contribution < 1.29 is 23.8 Å². The van der Waals surface area contributed by atoms with Gasteiger partial charge in [0.1, 0.15) is 6.61 Å². The summed E-state index contributed by atoms with van der Waals surface area (Å²) in [5, 5.41) is 9.09. The summed E-state index contributed by atoms with van der Waals surface area (Å²) in [6.45, 7) is 3.74. The SMILES string of the molecule is Cc1cc(C)cc(C(=O)OCC2CC(F)C(O)O2)c1. The summed E-state index contributed by atoms with van der Waals surface area (Å²) in [5.74, 6) is -0.466. The summed E-state index contributed by atoms with van der Waals surface area (Å²) in [6, 6.07) is 5.43. The highest BCUT2D eigenvalue weighted by molar-refractivity contribution is 5.89. The Morgan fingerprint density at radius 1 is 1.42 bits per heavy atom. The van der Waals surface area contributed by atoms with Crippen molar-refractivity contribution in [1.82, 2.24) is 0 Å². The van der Waals surface area contributed by atoms with E-state index in [0.29, 0.717) is 5.56 Å². The number of hydrogen-bond donors (Lipinski definition) is 1. The third kappa shape index (κ3) is 3.52. The monoisotopic (exact) mass is 268 g/mol. The van der Waals surface area contributed by atoms with Crippen LogP contribution in [0.2, 0.25) is 0 Å². The molecule has 0 spiro atoms. The molecule has 1 N–H and O–H groups in total. The van der Waals surface area contributed by atoms with Gasteiger partial charge in [-0.1, -0.05) is 17.2 Å². The van der Waals surface area contributed by atoms with Crippen molar-refractivity contribution in [3.8, 4) is 0 Å². The number of hydrogen-bond acceptors (Lipinski definition) is 4. The van der Waals surface area contributed by atoms with Crippen LogP contribution in [-0.4, -0.2) is 36.2 Å². The fourth-order valence-electron chi connectivity index (χ4n) is 2.16. The number of alkyl halides is 1. The molecule has 0 amide bonds. The third-order valence-corrected chi connectivity index (χ3v) is 2.99. The predicted octanol–water partition coefficient (Wildman–Crippen LogP) is 1.91. The first-order valence-corrected chi connectivity index (χ1v) is 6.18. The molecule has 1 aliphatic rings. The Balaban J connectivity index is 1.91. The molecule has 5 heteroatoms. The summed E-state index contributed by atoms with van der Waals surface area (Å²) >= 11 is 0. The van der Waals surface area contributed by atoms with E-state index < -0.39 is 24.5 Å². The second-order valence-electron chi connectivity index (χ2n) is 4.88. The van der Waals surface area contributed by atoms with Gasteiger partial charge in [-0.15, -0.1) is 0 Å². The van der Waals surface area contributed by atoms with Gasteiger partial charge in [0.15, 0.2) is 12.5 Å². The van der Waals surface area contributed by atoms with Gasteiger partial charge in [-0.05, 0) is 26.0 Å². The maximum Gasteiger partial charge on any atom is 0.338 e. The predicted molar refractivity (Wildman–Crippen MR) is 66.6 cm³/mol. The van der Waals surface area contributed by atoms with Crippen LogP contribution in [0.15, 0.2) is 18.2 Å². The number of esters is 1. The molecule has 1 heterocycles. The van der Waals surface area contributed by atoms with Gasteiger partial charge in [0.2, 0.25) is 0 Å². The van der Waals surface area contributed by atoms with Crippen LogP contribution in [0.25, 0.3) is 0 Å². The fourth-order valence-corrected chi connectivity index (χ4v) is 2.16. The van der Waals surface area contributed by atoms with Gasteiger partial charge >= 0.3 is 5.97 Å². The van der Waals surface area contributed by atoms with E-state index in [4.69, 9.17) is 14.6 Å². The molecule has 1 saturated heterocycles. The molecular formula is C14H17FO4. The average Bonchev–Trinajstić information content (AvgIpc) is 2.64. The fraction of sp³-hybridized carbons (Fsp3) is 0.500. The third-order valence-electron chi connectivity index (χ3n) is 2.99. The van der Waals surface area contributed by atoms with E-state index in [1.165, 1.54) is 0 Å². The zero-order valence-corrected chi connectivity index (χ0v) is 10.9. The highest BCUT2D eigenvalue weighted by Gasteiger charge is 2.34. The molecule has 3 unspecified atom stereocenters. The molecule has 1 aromatic carbocycles. The van der Waals surface area contributed by atoms with E-state index in [-0.39, 0.29) is 13.0 Å². The lowest BCUT2D eigenvalue weighted by Crippen LogP contribution is -2.20. The molecule has 4 nitrogen and oxygen atoms in total. The van der Waals surface area contributed by atoms with Crippen molar-refractivity contribution in [3.05, 3.63) is 34.9 Å². The van der Waals surface area contributed by atoms with Crippen molar-refractivity contribution >= 4 is 5.97 Å². The molecule has 19 heavy (non-hydrogen) atoms. The van der Waals surface area contributed by atoms with Crippen LogP contribution in [0.5, 0.6) is 0 Å². The molecule has 104 valence electrons. The van der Waals surface area contributed by atoms with Crippen molar-refractivity contribution in [2.75, 3.05) is 6.61 Å². The zero-order chi connectivity index (χ0) is 14.0. The molecule has 3 atom stereocenters. The number of aliphatic hydroxyl groups excluding tert-OH is 1. The van der Waals surface area contributed by atoms with Gasteiger partial charge in [-0.2, -0.15) is 0 Å². The maximum atomic E-state index is 13.0. The quantitative estimate of drug-likeness (QED) is 0.851. The summed E-state index contributed by atoms with van der Waals surface area (Å²) in [5.41, 5.74) is 2.42. The number of aliphatic hydroxyl groups is 1. The van der Waals surface area contributed by atoms with Gasteiger partial charge in [-0.25, -0.2) is 9.18 Å². The molecule has 2 rings (SSSR count). The second kappa shape index (κ2) is 5.67. The van der Waals surface area contributed by atoms with Gasteiger partial charge < -0.3 is 14.6 Å². The Hall–Kier alpha value is -1.46. The van der Waals surface area contributed by atoms with Gasteiger partial charge in [0.25, 0.3) is 0 Å². The van der Waals surface area contributed by atoms with Crippen molar-refractivity contribution in [2.45, 2.75) is 38.8 Å². The molecule has 0 aromatic heterocycles. The van der Waals surface area contributed by atoms with E-state index in [0.717, 1.165) is 11.1 Å². The first-order valence-electron chi connectivity index (χ1n) is 6.18. The van der Waals surface area contributed by atoms with Crippen molar-refractivity contribution in [1.29, 1.82) is 0 Å². The summed E-state index contributed by atoms with van der Waals surface area (Å²) in [6.07, 6.45) is -3.36. The Bertz CT molecular complexity index is 444. The van der Waals surface area contributed by atoms with Crippen LogP contribution in [-0.2, 0) is 9.47 Å². The summed E-state index contributed by atoms with van der Waals surface area (Å²) in [7, 11) is 0. The maximum absolute atomic E-state index is 13.0. The number of aryl methyl sites for hydroxylation is 2. The number of benzene rings is 1. The van der Waals surface area contributed by atoms with Crippen LogP contribution in [0.3, 0.4) is 0 Å². The topological polar surface area (TPSA) is 55.8 Å². The minimum Gasteiger partial charge on any atom is -0.459 e. The van der Waals surface area contributed by atoms with Crippen LogP contribution in [0.4, 0.5) is 4.39 Å². The minimum absolute atomic E-state index is 0.0429. The van der Waals surface area contributed by atoms with Crippen molar-refractivity contribution in [3.63, 3.8) is 0 Å². The molecule has 0 radical (unpaired) electrons. The highest BCUT2D eigenvalue weighted by atomic mass is 19.1. The number of halogens is 1. The molecule has 1 fully saturated rings. The lowest BCUT2D eigenvalue weighted by atomic mass is 10.1. The van der Waals surface area contributed by atoms with E-state index in [2.05, 4.69) is 0 Å². The van der Waals surface area contributed by atoms with E-state index >= 15 is 0 Å². The minimum atomic E-state index is -1.41. The molecule has 0 bridgehead atoms. The Kier molecular flexibility index (Phi) is 4.17. The standard InChI is InChI=1S/C14H17FO4/c1-8-3-9(2)5-10(4-8)13(16)18-7-11-6-12(15)14(17)19-11/h3-5,11-12,14,17H,6-7H2,1-2H3. The van der Waals surface area contributed by atoms with Crippen LogP contribution < -0.4 is 0 Å². The average molecular weight is 268 g/mol. The number of rotatable bonds is 3. The van der Waals surface area contributed by atoms with E-state index in [9.17, 15) is 9.18 Å². The highest BCUT2D eigenvalue weighted by Crippen LogP contribution is 2.22. The molecule has 1 aliphatic heterocycles. The molecule has 0 aliphatic carbocycles. The summed E-state index contributed by atoms with van der Waals surface area (Å²) < 4.78 is 23.0. The van der Waals surface area contributed by atoms with Gasteiger partial charge in [-0.3, -0.25) is 0 Å². The van der Waals surface area contributed by atoms with Crippen molar-refractivity contribution in [2.24, 2.45) is 0 Å². The first kappa shape index (κ1) is 14.0. The van der Waals surface area contributed by atoms with Crippen LogP contribution >= 0.6 is 0 Å². The lowest BCUT2D eigenvalue weighted by Gasteiger charge is -2.11. The van der Waals surface area contributed by atoms with E-state index in [1.54, 1.807) is 12.1 Å². The number of ether oxygens (including phenoxy) is 2. The Morgan fingerprint density at radius 2 is 2.05 bits per heavy atom. The second-order valence-corrected chi connectivity index (χ2v) is 4.88. The smallest absolute Gasteiger partial charge is 0.338 e. The molecular weight excluding hydrogens is 251 g/mol. The van der Waals surface area contributed by atoms with Crippen LogP contribution in [0.1, 0.15) is 27.9 Å². The Morgan fingerprint density at radius 3 is 2.58 bits per heavy atom. The van der Waals surface area contributed by atoms with E-state index in [1.807, 2.05) is 19.9 Å². The first-order chi connectivity index (χ1) is 8.95. The summed E-state index contributed by atoms with van der Waals surface area (Å²) in [4.78, 5) is 11.8. The number of carbonyl (C=O) groups excluding carboxylic acids is 1. The Labute approximate surface area is 111 Å². The molecule has 1 aromatic rings. The molecule has 0 saturated carbocycles. The van der Waals surface area contributed by atoms with Gasteiger partial charge in [0.05, 0.1) is 11.7 Å². The van der Waals surface area contributed by atoms with Crippen LogP contribution in [0, 0.1) is 13.8 Å². The lowest BCUT2D eigenvalue weighted by molar-refractivity contribution is -0.121. The number of carbonyl (C=O) groups is 1. The normalized spacial score (nSPS) is 26.4.